The van der Waals surface area contributed by atoms with Crippen molar-refractivity contribution in [2.24, 2.45) is 0 Å². The van der Waals surface area contributed by atoms with E-state index in [-0.39, 0.29) is 0 Å². The SMILES string of the molecule is FC(F)(F)c1cccc([C@@H](c2nnnn2CCc2ccccc2)N2CCSCC2)c1. The number of rotatable bonds is 6. The number of tetrazole rings is 1. The van der Waals surface area contributed by atoms with Crippen molar-refractivity contribution >= 4 is 11.8 Å². The summed E-state index contributed by atoms with van der Waals surface area (Å²) in [5.41, 5.74) is 1.07. The minimum absolute atomic E-state index is 0.418. The number of hydrogen-bond donors (Lipinski definition) is 0. The average Bonchev–Trinajstić information content (AvgIpc) is 3.22. The van der Waals surface area contributed by atoms with E-state index in [9.17, 15) is 13.2 Å². The Morgan fingerprint density at radius 3 is 2.50 bits per heavy atom. The van der Waals surface area contributed by atoms with E-state index in [1.165, 1.54) is 12.1 Å². The highest BCUT2D eigenvalue weighted by atomic mass is 32.2. The first-order chi connectivity index (χ1) is 14.5. The fourth-order valence-corrected chi connectivity index (χ4v) is 4.62. The lowest BCUT2D eigenvalue weighted by atomic mass is 10.0. The van der Waals surface area contributed by atoms with E-state index >= 15 is 0 Å². The van der Waals surface area contributed by atoms with Crippen LogP contribution in [0.25, 0.3) is 0 Å². The molecule has 0 aliphatic carbocycles. The van der Waals surface area contributed by atoms with Crippen LogP contribution < -0.4 is 0 Å². The Morgan fingerprint density at radius 1 is 1.00 bits per heavy atom. The van der Waals surface area contributed by atoms with Gasteiger partial charge < -0.3 is 0 Å². The van der Waals surface area contributed by atoms with Crippen LogP contribution in [0.3, 0.4) is 0 Å². The maximum Gasteiger partial charge on any atom is 0.416 e. The van der Waals surface area contributed by atoms with Crippen molar-refractivity contribution in [2.45, 2.75) is 25.2 Å². The van der Waals surface area contributed by atoms with E-state index in [1.54, 1.807) is 10.7 Å². The molecule has 3 aromatic rings. The van der Waals surface area contributed by atoms with Gasteiger partial charge in [-0.05, 0) is 40.1 Å². The molecule has 1 atom stereocenters. The Hall–Kier alpha value is -2.39. The van der Waals surface area contributed by atoms with Gasteiger partial charge in [0.1, 0.15) is 0 Å². The summed E-state index contributed by atoms with van der Waals surface area (Å²) in [4.78, 5) is 2.18. The van der Waals surface area contributed by atoms with Crippen LogP contribution in [0.5, 0.6) is 0 Å². The predicted molar refractivity (Wildman–Crippen MR) is 110 cm³/mol. The summed E-state index contributed by atoms with van der Waals surface area (Å²) in [6.07, 6.45) is -3.65. The lowest BCUT2D eigenvalue weighted by Crippen LogP contribution is -2.38. The zero-order valence-electron chi connectivity index (χ0n) is 16.3. The van der Waals surface area contributed by atoms with Gasteiger partial charge in [-0.15, -0.1) is 5.10 Å². The standard InChI is InChI=1S/C21H22F3N5S/c22-21(23,24)18-8-4-7-17(15-18)19(28-11-13-30-14-12-28)20-25-26-27-29(20)10-9-16-5-2-1-3-6-16/h1-8,15,19H,9-14H2/t19-/m0/s1. The van der Waals surface area contributed by atoms with E-state index in [4.69, 9.17) is 0 Å². The van der Waals surface area contributed by atoms with Crippen molar-refractivity contribution in [3.05, 3.63) is 77.1 Å². The van der Waals surface area contributed by atoms with Gasteiger partial charge in [0.2, 0.25) is 0 Å². The number of aromatic nitrogens is 4. The van der Waals surface area contributed by atoms with Crippen LogP contribution in [0, 0.1) is 0 Å². The largest absolute Gasteiger partial charge is 0.416 e. The molecule has 0 N–H and O–H groups in total. The van der Waals surface area contributed by atoms with Crippen LogP contribution in [0.4, 0.5) is 13.2 Å². The maximum absolute atomic E-state index is 13.3. The van der Waals surface area contributed by atoms with Crippen LogP contribution in [0.15, 0.2) is 54.6 Å². The van der Waals surface area contributed by atoms with Crippen LogP contribution in [0.1, 0.15) is 28.6 Å². The molecule has 5 nitrogen and oxygen atoms in total. The fraction of sp³-hybridized carbons (Fsp3) is 0.381. The van der Waals surface area contributed by atoms with E-state index in [0.29, 0.717) is 17.9 Å². The molecule has 9 heteroatoms. The van der Waals surface area contributed by atoms with Crippen molar-refractivity contribution in [1.29, 1.82) is 0 Å². The predicted octanol–water partition coefficient (Wildman–Crippen LogP) is 4.07. The molecule has 0 unspecified atom stereocenters. The van der Waals surface area contributed by atoms with Gasteiger partial charge in [0, 0.05) is 31.1 Å². The summed E-state index contributed by atoms with van der Waals surface area (Å²) in [6, 6.07) is 15.1. The van der Waals surface area contributed by atoms with Gasteiger partial charge in [-0.25, -0.2) is 4.68 Å². The molecule has 2 aromatic carbocycles. The smallest absolute Gasteiger partial charge is 0.288 e. The third kappa shape index (κ3) is 4.84. The molecule has 30 heavy (non-hydrogen) atoms. The third-order valence-corrected chi connectivity index (χ3v) is 6.14. The van der Waals surface area contributed by atoms with Crippen LogP contribution in [0.2, 0.25) is 0 Å². The van der Waals surface area contributed by atoms with Crippen LogP contribution >= 0.6 is 11.8 Å². The van der Waals surface area contributed by atoms with Crippen molar-refractivity contribution in [3.63, 3.8) is 0 Å². The van der Waals surface area contributed by atoms with E-state index in [1.807, 2.05) is 42.1 Å². The Balaban J connectivity index is 1.67. The molecule has 1 aromatic heterocycles. The normalized spacial score (nSPS) is 16.5. The van der Waals surface area contributed by atoms with Crippen molar-refractivity contribution in [1.82, 2.24) is 25.1 Å². The summed E-state index contributed by atoms with van der Waals surface area (Å²) in [7, 11) is 0. The Bertz CT molecular complexity index is 955. The molecule has 2 heterocycles. The first-order valence-electron chi connectivity index (χ1n) is 9.81. The first kappa shape index (κ1) is 20.9. The highest BCUT2D eigenvalue weighted by molar-refractivity contribution is 7.99. The molecule has 1 aliphatic rings. The van der Waals surface area contributed by atoms with E-state index in [2.05, 4.69) is 20.4 Å². The molecule has 0 spiro atoms. The molecule has 0 saturated carbocycles. The summed E-state index contributed by atoms with van der Waals surface area (Å²) in [6.45, 7) is 2.11. The second-order valence-corrected chi connectivity index (χ2v) is 8.39. The molecular weight excluding hydrogens is 411 g/mol. The van der Waals surface area contributed by atoms with Gasteiger partial charge in [-0.1, -0.05) is 42.5 Å². The zero-order chi connectivity index (χ0) is 21.0. The van der Waals surface area contributed by atoms with Gasteiger partial charge in [0.05, 0.1) is 11.6 Å². The van der Waals surface area contributed by atoms with Gasteiger partial charge in [0.15, 0.2) is 5.82 Å². The van der Waals surface area contributed by atoms with Crippen molar-refractivity contribution in [2.75, 3.05) is 24.6 Å². The van der Waals surface area contributed by atoms with Gasteiger partial charge >= 0.3 is 6.18 Å². The first-order valence-corrected chi connectivity index (χ1v) is 11.0. The summed E-state index contributed by atoms with van der Waals surface area (Å²) < 4.78 is 41.7. The minimum atomic E-state index is -4.39. The fourth-order valence-electron chi connectivity index (χ4n) is 3.69. The highest BCUT2D eigenvalue weighted by Crippen LogP contribution is 2.34. The number of nitrogens with zero attached hydrogens (tertiary/aromatic N) is 5. The van der Waals surface area contributed by atoms with Gasteiger partial charge in [-0.2, -0.15) is 24.9 Å². The topological polar surface area (TPSA) is 46.8 Å². The van der Waals surface area contributed by atoms with E-state index < -0.39 is 17.8 Å². The number of aryl methyl sites for hydroxylation is 2. The quantitative estimate of drug-likeness (QED) is 0.587. The molecule has 1 fully saturated rings. The second kappa shape index (κ2) is 9.18. The molecule has 0 bridgehead atoms. The minimum Gasteiger partial charge on any atom is -0.288 e. The lowest BCUT2D eigenvalue weighted by molar-refractivity contribution is -0.137. The molecule has 1 saturated heterocycles. The zero-order valence-corrected chi connectivity index (χ0v) is 17.1. The van der Waals surface area contributed by atoms with Crippen LogP contribution in [-0.4, -0.2) is 49.7 Å². The second-order valence-electron chi connectivity index (χ2n) is 7.17. The number of hydrogen-bond acceptors (Lipinski definition) is 5. The monoisotopic (exact) mass is 433 g/mol. The lowest BCUT2D eigenvalue weighted by Gasteiger charge is -2.34. The van der Waals surface area contributed by atoms with Gasteiger partial charge in [0.25, 0.3) is 0 Å². The molecule has 158 valence electrons. The average molecular weight is 434 g/mol. The van der Waals surface area contributed by atoms with Gasteiger partial charge in [-0.3, -0.25) is 4.90 Å². The van der Waals surface area contributed by atoms with E-state index in [0.717, 1.165) is 42.6 Å². The maximum atomic E-state index is 13.3. The Labute approximate surface area is 177 Å². The highest BCUT2D eigenvalue weighted by Gasteiger charge is 2.34. The summed E-state index contributed by atoms with van der Waals surface area (Å²) in [5, 5.41) is 12.2. The van der Waals surface area contributed by atoms with Crippen LogP contribution in [-0.2, 0) is 19.1 Å². The number of alkyl halides is 3. The molecular formula is C21H22F3N5S. The molecule has 0 radical (unpaired) electrons. The number of thioether (sulfide) groups is 1. The Morgan fingerprint density at radius 2 is 1.77 bits per heavy atom. The Kier molecular flexibility index (Phi) is 6.38. The summed E-state index contributed by atoms with van der Waals surface area (Å²) >= 11 is 1.85. The number of halogens is 3. The van der Waals surface area contributed by atoms with Crippen molar-refractivity contribution in [3.8, 4) is 0 Å². The number of benzene rings is 2. The summed E-state index contributed by atoms with van der Waals surface area (Å²) in [5.74, 6) is 2.44. The molecule has 1 aliphatic heterocycles. The molecule has 0 amide bonds. The third-order valence-electron chi connectivity index (χ3n) is 5.20. The molecule has 4 rings (SSSR count). The van der Waals surface area contributed by atoms with Crippen molar-refractivity contribution < 1.29 is 13.2 Å².